The molecular weight excluding hydrogens is 400 g/mol. The summed E-state index contributed by atoms with van der Waals surface area (Å²) in [6.45, 7) is 3.30. The van der Waals surface area contributed by atoms with E-state index in [1.807, 2.05) is 30.3 Å². The van der Waals surface area contributed by atoms with Gasteiger partial charge < -0.3 is 20.2 Å². The van der Waals surface area contributed by atoms with Gasteiger partial charge in [0, 0.05) is 18.0 Å². The molecule has 3 N–H and O–H groups in total. The van der Waals surface area contributed by atoms with Crippen LogP contribution < -0.4 is 10.9 Å². The van der Waals surface area contributed by atoms with Crippen molar-refractivity contribution < 1.29 is 0 Å². The van der Waals surface area contributed by atoms with E-state index in [1.165, 1.54) is 12.8 Å². The van der Waals surface area contributed by atoms with Gasteiger partial charge in [0.05, 0.1) is 28.4 Å². The predicted molar refractivity (Wildman–Crippen MR) is 119 cm³/mol. The largest absolute Gasteiger partial charge is 0.379 e. The van der Waals surface area contributed by atoms with Crippen LogP contribution in [0.4, 0.5) is 5.69 Å². The number of H-pyrrole nitrogens is 2. The first kappa shape index (κ1) is 17.9. The molecule has 8 heteroatoms. The van der Waals surface area contributed by atoms with Gasteiger partial charge in [0.25, 0.3) is 5.56 Å². The molecule has 3 aliphatic heterocycles. The number of rotatable bonds is 3. The zero-order chi connectivity index (χ0) is 20.2. The fourth-order valence-electron chi connectivity index (χ4n) is 4.93. The summed E-state index contributed by atoms with van der Waals surface area (Å²) < 4.78 is 0. The smallest absolute Gasteiger partial charge is 0.261 e. The molecule has 3 saturated heterocycles. The van der Waals surface area contributed by atoms with Crippen LogP contribution in [0, 0.1) is 5.92 Å². The molecule has 152 valence electrons. The van der Waals surface area contributed by atoms with Gasteiger partial charge in [-0.15, -0.1) is 0 Å². The first-order valence-electron chi connectivity index (χ1n) is 10.3. The zero-order valence-electron chi connectivity index (χ0n) is 16.3. The molecule has 0 aliphatic carbocycles. The Morgan fingerprint density at radius 2 is 1.97 bits per heavy atom. The maximum atomic E-state index is 13.2. The molecule has 7 rings (SSSR count). The number of benzene rings is 1. The standard InChI is InChI=1S/C22H21ClN6O/c23-18-9-13-16(10-24-18)28-22(30)19(21-26-14-3-1-2-4-15(14)27-21)20(13)25-17-11-29-7-5-12(17)6-8-29/h1-4,9-10,12,17H,5-8,11H2,(H,26,27)(H2,25,28,30)/t17-/m0/s1. The van der Waals surface area contributed by atoms with E-state index in [1.54, 1.807) is 6.20 Å². The zero-order valence-corrected chi connectivity index (χ0v) is 17.0. The van der Waals surface area contributed by atoms with E-state index in [2.05, 4.69) is 25.2 Å². The molecule has 7 nitrogen and oxygen atoms in total. The number of hydrogen-bond donors (Lipinski definition) is 3. The number of aromatic amines is 2. The van der Waals surface area contributed by atoms with Gasteiger partial charge in [-0.3, -0.25) is 4.79 Å². The van der Waals surface area contributed by atoms with Crippen LogP contribution in [0.5, 0.6) is 0 Å². The second kappa shape index (κ2) is 6.82. The van der Waals surface area contributed by atoms with Gasteiger partial charge in [-0.05, 0) is 50.0 Å². The minimum absolute atomic E-state index is 0.200. The van der Waals surface area contributed by atoms with E-state index in [0.29, 0.717) is 28.0 Å². The van der Waals surface area contributed by atoms with Gasteiger partial charge in [-0.2, -0.15) is 0 Å². The van der Waals surface area contributed by atoms with E-state index in [0.717, 1.165) is 41.7 Å². The van der Waals surface area contributed by atoms with Gasteiger partial charge in [0.2, 0.25) is 0 Å². The summed E-state index contributed by atoms with van der Waals surface area (Å²) >= 11 is 6.24. The summed E-state index contributed by atoms with van der Waals surface area (Å²) in [6, 6.07) is 9.88. The van der Waals surface area contributed by atoms with Gasteiger partial charge in [0.1, 0.15) is 16.5 Å². The number of hydrogen-bond acceptors (Lipinski definition) is 5. The maximum absolute atomic E-state index is 13.2. The fraction of sp³-hybridized carbons (Fsp3) is 0.318. The van der Waals surface area contributed by atoms with E-state index < -0.39 is 0 Å². The minimum Gasteiger partial charge on any atom is -0.379 e. The molecule has 1 aromatic carbocycles. The lowest BCUT2D eigenvalue weighted by Gasteiger charge is -2.45. The quantitative estimate of drug-likeness (QED) is 0.440. The van der Waals surface area contributed by atoms with E-state index in [9.17, 15) is 4.79 Å². The van der Waals surface area contributed by atoms with Crippen molar-refractivity contribution in [3.8, 4) is 11.4 Å². The molecule has 2 bridgehead atoms. The van der Waals surface area contributed by atoms with Crippen LogP contribution in [0.3, 0.4) is 0 Å². The normalized spacial score (nSPS) is 23.3. The Morgan fingerprint density at radius 1 is 1.13 bits per heavy atom. The second-order valence-electron chi connectivity index (χ2n) is 8.25. The minimum atomic E-state index is -0.200. The molecule has 0 amide bonds. The lowest BCUT2D eigenvalue weighted by molar-refractivity contribution is 0.0976. The van der Waals surface area contributed by atoms with Crippen molar-refractivity contribution in [2.75, 3.05) is 25.0 Å². The lowest BCUT2D eigenvalue weighted by Crippen LogP contribution is -2.53. The second-order valence-corrected chi connectivity index (χ2v) is 8.64. The number of halogens is 1. The van der Waals surface area contributed by atoms with Crippen molar-refractivity contribution in [3.63, 3.8) is 0 Å². The molecule has 6 heterocycles. The monoisotopic (exact) mass is 420 g/mol. The van der Waals surface area contributed by atoms with Gasteiger partial charge in [-0.1, -0.05) is 23.7 Å². The van der Waals surface area contributed by atoms with Crippen LogP contribution in [0.15, 0.2) is 41.3 Å². The van der Waals surface area contributed by atoms with Crippen molar-refractivity contribution in [3.05, 3.63) is 52.0 Å². The highest BCUT2D eigenvalue weighted by Crippen LogP contribution is 2.36. The lowest BCUT2D eigenvalue weighted by atomic mass is 9.83. The highest BCUT2D eigenvalue weighted by molar-refractivity contribution is 6.30. The summed E-state index contributed by atoms with van der Waals surface area (Å²) in [5.74, 6) is 1.15. The van der Waals surface area contributed by atoms with E-state index in [4.69, 9.17) is 16.6 Å². The Morgan fingerprint density at radius 3 is 2.73 bits per heavy atom. The number of para-hydroxylation sites is 2. The Hall–Kier alpha value is -2.90. The fourth-order valence-corrected chi connectivity index (χ4v) is 5.09. The van der Waals surface area contributed by atoms with E-state index in [-0.39, 0.29) is 11.6 Å². The molecule has 1 atom stereocenters. The molecule has 0 saturated carbocycles. The summed E-state index contributed by atoms with van der Waals surface area (Å²) in [7, 11) is 0. The van der Waals surface area contributed by atoms with Crippen LogP contribution >= 0.6 is 11.6 Å². The molecule has 30 heavy (non-hydrogen) atoms. The van der Waals surface area contributed by atoms with Crippen molar-refractivity contribution in [2.24, 2.45) is 5.92 Å². The van der Waals surface area contributed by atoms with Crippen LogP contribution in [-0.4, -0.2) is 50.5 Å². The van der Waals surface area contributed by atoms with Gasteiger partial charge in [-0.25, -0.2) is 9.97 Å². The Labute approximate surface area is 177 Å². The first-order chi connectivity index (χ1) is 14.7. The maximum Gasteiger partial charge on any atom is 0.261 e. The number of piperidine rings is 3. The third-order valence-electron chi connectivity index (χ3n) is 6.48. The van der Waals surface area contributed by atoms with Crippen LogP contribution in [0.25, 0.3) is 33.3 Å². The first-order valence-corrected chi connectivity index (χ1v) is 10.7. The Balaban J connectivity index is 1.56. The highest BCUT2D eigenvalue weighted by Gasteiger charge is 2.35. The van der Waals surface area contributed by atoms with Crippen molar-refractivity contribution in [2.45, 2.75) is 18.9 Å². The van der Waals surface area contributed by atoms with Gasteiger partial charge in [0.15, 0.2) is 0 Å². The number of pyridine rings is 2. The number of nitrogens with zero attached hydrogens (tertiary/aromatic N) is 3. The summed E-state index contributed by atoms with van der Waals surface area (Å²) in [5.41, 5.74) is 3.47. The van der Waals surface area contributed by atoms with Crippen LogP contribution in [-0.2, 0) is 0 Å². The molecule has 0 radical (unpaired) electrons. The highest BCUT2D eigenvalue weighted by atomic mass is 35.5. The average molecular weight is 421 g/mol. The molecule has 3 aliphatic rings. The third-order valence-corrected chi connectivity index (χ3v) is 6.68. The molecule has 0 spiro atoms. The molecule has 4 aromatic rings. The summed E-state index contributed by atoms with van der Waals surface area (Å²) in [6.07, 6.45) is 3.98. The molecule has 3 fully saturated rings. The Bertz CT molecular complexity index is 1290. The van der Waals surface area contributed by atoms with Crippen molar-refractivity contribution in [1.82, 2.24) is 24.8 Å². The Kier molecular flexibility index (Phi) is 4.07. The number of fused-ring (bicyclic) bond motifs is 5. The number of nitrogens with one attached hydrogen (secondary N) is 3. The average Bonchev–Trinajstić information content (AvgIpc) is 3.19. The number of aromatic nitrogens is 4. The van der Waals surface area contributed by atoms with E-state index >= 15 is 0 Å². The third kappa shape index (κ3) is 2.88. The van der Waals surface area contributed by atoms with Crippen molar-refractivity contribution >= 4 is 39.2 Å². The summed E-state index contributed by atoms with van der Waals surface area (Å²) in [5, 5.41) is 4.97. The number of anilines is 1. The number of imidazole rings is 1. The van der Waals surface area contributed by atoms with Crippen LogP contribution in [0.2, 0.25) is 5.15 Å². The van der Waals surface area contributed by atoms with Crippen molar-refractivity contribution in [1.29, 1.82) is 0 Å². The van der Waals surface area contributed by atoms with Gasteiger partial charge >= 0.3 is 0 Å². The summed E-state index contributed by atoms with van der Waals surface area (Å²) in [4.78, 5) is 30.8. The molecule has 0 unspecified atom stereocenters. The molecular formula is C22H21ClN6O. The van der Waals surface area contributed by atoms with Crippen LogP contribution in [0.1, 0.15) is 12.8 Å². The predicted octanol–water partition coefficient (Wildman–Crippen LogP) is 3.63. The topological polar surface area (TPSA) is 89.7 Å². The molecule has 3 aromatic heterocycles. The SMILES string of the molecule is O=c1[nH]c2cnc(Cl)cc2c(N[C@H]2CN3CCC2CC3)c1-c1nc2ccccc2[nH]1.